The minimum absolute atomic E-state index is 0.114. The van der Waals surface area contributed by atoms with E-state index in [1.54, 1.807) is 0 Å². The van der Waals surface area contributed by atoms with Crippen molar-refractivity contribution >= 4 is 24.9 Å². The van der Waals surface area contributed by atoms with Crippen LogP contribution >= 0.6 is 0 Å². The number of carbonyl (C=O) groups is 4. The molecule has 8 nitrogen and oxygen atoms in total. The second-order valence-corrected chi connectivity index (χ2v) is 3.15. The van der Waals surface area contributed by atoms with Gasteiger partial charge in [-0.25, -0.2) is 0 Å². The summed E-state index contributed by atoms with van der Waals surface area (Å²) in [6.07, 6.45) is -2.09. The lowest BCUT2D eigenvalue weighted by molar-refractivity contribution is -0.173. The van der Waals surface area contributed by atoms with Crippen molar-refractivity contribution in [1.29, 1.82) is 0 Å². The first kappa shape index (κ1) is 15.9. The molecule has 0 bridgehead atoms. The van der Waals surface area contributed by atoms with Crippen LogP contribution in [-0.2, 0) is 38.1 Å². The molecule has 0 saturated heterocycles. The van der Waals surface area contributed by atoms with E-state index in [9.17, 15) is 19.2 Å². The van der Waals surface area contributed by atoms with Gasteiger partial charge in [0.1, 0.15) is 13.2 Å². The molecule has 0 aromatic rings. The maximum atomic E-state index is 10.9. The molecule has 0 radical (unpaired) electrons. The van der Waals surface area contributed by atoms with E-state index in [1.807, 2.05) is 0 Å². The number of hydrogen-bond acceptors (Lipinski definition) is 8. The highest BCUT2D eigenvalue weighted by Crippen LogP contribution is 2.06. The first-order chi connectivity index (χ1) is 8.51. The minimum Gasteiger partial charge on any atom is -0.464 e. The highest BCUT2D eigenvalue weighted by Gasteiger charge is 2.28. The van der Waals surface area contributed by atoms with Crippen molar-refractivity contribution in [2.75, 3.05) is 13.2 Å². The average Bonchev–Trinajstić information content (AvgIpc) is 2.29. The second kappa shape index (κ2) is 8.97. The Hall–Kier alpha value is -2.12. The Bertz CT molecular complexity index is 300. The van der Waals surface area contributed by atoms with Crippen molar-refractivity contribution in [1.82, 2.24) is 0 Å². The third-order valence-electron chi connectivity index (χ3n) is 1.74. The molecule has 0 aromatic carbocycles. The quantitative estimate of drug-likeness (QED) is 0.302. The maximum Gasteiger partial charge on any atom is 0.303 e. The van der Waals surface area contributed by atoms with Crippen molar-refractivity contribution in [2.45, 2.75) is 26.1 Å². The zero-order valence-corrected chi connectivity index (χ0v) is 9.99. The Kier molecular flexibility index (Phi) is 7.91. The van der Waals surface area contributed by atoms with Crippen molar-refractivity contribution in [3.63, 3.8) is 0 Å². The number of carbonyl (C=O) groups excluding carboxylic acids is 4. The van der Waals surface area contributed by atoms with Crippen LogP contribution in [0.4, 0.5) is 0 Å². The summed E-state index contributed by atoms with van der Waals surface area (Å²) < 4.78 is 18.5. The van der Waals surface area contributed by atoms with Crippen LogP contribution in [0.5, 0.6) is 0 Å². The standard InChI is InChI=1S/C10H14O8/c1-7(13)16-4-10(18-8(2)14)9(17-6-12)3-15-5-11/h5-6,9-10H,3-4H2,1-2H3. The molecule has 2 atom stereocenters. The Morgan fingerprint density at radius 1 is 1.00 bits per heavy atom. The summed E-state index contributed by atoms with van der Waals surface area (Å²) in [7, 11) is 0. The van der Waals surface area contributed by atoms with E-state index < -0.39 is 24.1 Å². The summed E-state index contributed by atoms with van der Waals surface area (Å²) in [6, 6.07) is 0. The maximum absolute atomic E-state index is 10.9. The van der Waals surface area contributed by atoms with Gasteiger partial charge < -0.3 is 18.9 Å². The molecule has 0 amide bonds. The number of hydrogen-bond donors (Lipinski definition) is 0. The SMILES string of the molecule is CC(=O)OCC(OC(C)=O)C(COC=O)OC=O. The molecule has 2 unspecified atom stereocenters. The second-order valence-electron chi connectivity index (χ2n) is 3.15. The van der Waals surface area contributed by atoms with Crippen molar-refractivity contribution in [2.24, 2.45) is 0 Å². The third kappa shape index (κ3) is 7.20. The summed E-state index contributed by atoms with van der Waals surface area (Å²) >= 11 is 0. The topological polar surface area (TPSA) is 105 Å². The zero-order chi connectivity index (χ0) is 14.0. The first-order valence-corrected chi connectivity index (χ1v) is 4.96. The summed E-state index contributed by atoms with van der Waals surface area (Å²) in [5, 5.41) is 0. The van der Waals surface area contributed by atoms with Crippen LogP contribution in [0.15, 0.2) is 0 Å². The van der Waals surface area contributed by atoms with Gasteiger partial charge in [0.2, 0.25) is 0 Å². The number of rotatable bonds is 9. The Labute approximate surface area is 103 Å². The van der Waals surface area contributed by atoms with Crippen LogP contribution in [-0.4, -0.2) is 50.3 Å². The normalized spacial score (nSPS) is 12.8. The first-order valence-electron chi connectivity index (χ1n) is 4.96. The fourth-order valence-corrected chi connectivity index (χ4v) is 1.07. The molecular weight excluding hydrogens is 248 g/mol. The van der Waals surface area contributed by atoms with E-state index in [0.29, 0.717) is 0 Å². The van der Waals surface area contributed by atoms with E-state index >= 15 is 0 Å². The molecule has 0 aliphatic carbocycles. The molecule has 0 saturated carbocycles. The van der Waals surface area contributed by atoms with Gasteiger partial charge in [-0.3, -0.25) is 19.2 Å². The van der Waals surface area contributed by atoms with Crippen LogP contribution in [0.25, 0.3) is 0 Å². The number of esters is 2. The van der Waals surface area contributed by atoms with Crippen LogP contribution in [0.2, 0.25) is 0 Å². The molecule has 0 spiro atoms. The third-order valence-corrected chi connectivity index (χ3v) is 1.74. The molecule has 8 heteroatoms. The van der Waals surface area contributed by atoms with Crippen LogP contribution < -0.4 is 0 Å². The molecular formula is C10H14O8. The fraction of sp³-hybridized carbons (Fsp3) is 0.600. The van der Waals surface area contributed by atoms with Gasteiger partial charge in [0.15, 0.2) is 12.2 Å². The van der Waals surface area contributed by atoms with Crippen molar-refractivity contribution in [3.05, 3.63) is 0 Å². The fourth-order valence-electron chi connectivity index (χ4n) is 1.07. The van der Waals surface area contributed by atoms with E-state index in [2.05, 4.69) is 14.2 Å². The van der Waals surface area contributed by atoms with E-state index in [4.69, 9.17) is 4.74 Å². The number of ether oxygens (including phenoxy) is 4. The van der Waals surface area contributed by atoms with Crippen molar-refractivity contribution in [3.8, 4) is 0 Å². The monoisotopic (exact) mass is 262 g/mol. The summed E-state index contributed by atoms with van der Waals surface area (Å²) in [4.78, 5) is 41.9. The van der Waals surface area contributed by atoms with Crippen LogP contribution in [0.3, 0.4) is 0 Å². The Morgan fingerprint density at radius 2 is 1.67 bits per heavy atom. The molecule has 0 aromatic heterocycles. The molecule has 0 heterocycles. The van der Waals surface area contributed by atoms with Gasteiger partial charge in [0.25, 0.3) is 12.9 Å². The molecule has 102 valence electrons. The van der Waals surface area contributed by atoms with Gasteiger partial charge in [-0.05, 0) is 0 Å². The average molecular weight is 262 g/mol. The largest absolute Gasteiger partial charge is 0.464 e. The summed E-state index contributed by atoms with van der Waals surface area (Å²) in [6.45, 7) is 1.94. The molecule has 0 aliphatic rings. The minimum atomic E-state index is -1.05. The smallest absolute Gasteiger partial charge is 0.303 e. The predicted molar refractivity (Wildman–Crippen MR) is 55.1 cm³/mol. The van der Waals surface area contributed by atoms with E-state index in [-0.39, 0.29) is 26.2 Å². The van der Waals surface area contributed by atoms with E-state index in [1.165, 1.54) is 6.92 Å². The lowest BCUT2D eigenvalue weighted by atomic mass is 10.2. The van der Waals surface area contributed by atoms with Gasteiger partial charge in [-0.1, -0.05) is 0 Å². The Balaban J connectivity index is 4.59. The predicted octanol–water partition coefficient (Wildman–Crippen LogP) is -0.804. The van der Waals surface area contributed by atoms with Gasteiger partial charge in [0, 0.05) is 13.8 Å². The van der Waals surface area contributed by atoms with Gasteiger partial charge in [-0.15, -0.1) is 0 Å². The van der Waals surface area contributed by atoms with E-state index in [0.717, 1.165) is 6.92 Å². The van der Waals surface area contributed by atoms with Gasteiger partial charge in [-0.2, -0.15) is 0 Å². The molecule has 0 rings (SSSR count). The summed E-state index contributed by atoms with van der Waals surface area (Å²) in [5.74, 6) is -1.24. The van der Waals surface area contributed by atoms with Crippen LogP contribution in [0, 0.1) is 0 Å². The van der Waals surface area contributed by atoms with Gasteiger partial charge >= 0.3 is 11.9 Å². The highest BCUT2D eigenvalue weighted by molar-refractivity contribution is 5.67. The van der Waals surface area contributed by atoms with Gasteiger partial charge in [0.05, 0.1) is 0 Å². The summed E-state index contributed by atoms with van der Waals surface area (Å²) in [5.41, 5.74) is 0. The van der Waals surface area contributed by atoms with Crippen molar-refractivity contribution < 1.29 is 38.1 Å². The highest BCUT2D eigenvalue weighted by atomic mass is 16.6. The van der Waals surface area contributed by atoms with Crippen LogP contribution in [0.1, 0.15) is 13.8 Å². The Morgan fingerprint density at radius 3 is 2.11 bits per heavy atom. The molecule has 0 N–H and O–H groups in total. The molecule has 0 fully saturated rings. The lowest BCUT2D eigenvalue weighted by Gasteiger charge is -2.23. The lowest BCUT2D eigenvalue weighted by Crippen LogP contribution is -2.40. The zero-order valence-electron chi connectivity index (χ0n) is 9.99. The molecule has 0 aliphatic heterocycles. The molecule has 18 heavy (non-hydrogen) atoms.